The summed E-state index contributed by atoms with van der Waals surface area (Å²) >= 11 is 3.40. The van der Waals surface area contributed by atoms with E-state index in [-0.39, 0.29) is 30.6 Å². The Morgan fingerprint density at radius 1 is 1.13 bits per heavy atom. The van der Waals surface area contributed by atoms with E-state index in [4.69, 9.17) is 0 Å². The van der Waals surface area contributed by atoms with Gasteiger partial charge < -0.3 is 10.2 Å². The lowest BCUT2D eigenvalue weighted by Crippen LogP contribution is -2.32. The van der Waals surface area contributed by atoms with Gasteiger partial charge in [-0.15, -0.1) is 0 Å². The summed E-state index contributed by atoms with van der Waals surface area (Å²) in [6, 6.07) is 12.9. The first kappa shape index (κ1) is 17.1. The van der Waals surface area contributed by atoms with Crippen LogP contribution < -0.4 is 10.2 Å². The average Bonchev–Trinajstić information content (AvgIpc) is 2.51. The molecule has 2 amide bonds. The molecule has 2 aromatic rings. The molecular weight excluding hydrogens is 363 g/mol. The van der Waals surface area contributed by atoms with Gasteiger partial charge in [0.2, 0.25) is 11.8 Å². The fourth-order valence-electron chi connectivity index (χ4n) is 2.09. The van der Waals surface area contributed by atoms with Crippen LogP contribution in [0.5, 0.6) is 0 Å². The molecule has 6 heteroatoms. The van der Waals surface area contributed by atoms with Crippen LogP contribution in [0.1, 0.15) is 13.3 Å². The minimum absolute atomic E-state index is 0.137. The molecule has 0 saturated heterocycles. The molecule has 0 unspecified atom stereocenters. The highest BCUT2D eigenvalue weighted by Gasteiger charge is 2.15. The third-order valence-electron chi connectivity index (χ3n) is 3.21. The van der Waals surface area contributed by atoms with Crippen LogP contribution in [0.3, 0.4) is 0 Å². The van der Waals surface area contributed by atoms with E-state index in [0.717, 1.165) is 10.2 Å². The Morgan fingerprint density at radius 3 is 2.39 bits per heavy atom. The van der Waals surface area contributed by atoms with Gasteiger partial charge in [-0.05, 0) is 52.3 Å². The van der Waals surface area contributed by atoms with Gasteiger partial charge >= 0.3 is 0 Å². The van der Waals surface area contributed by atoms with Gasteiger partial charge in [-0.2, -0.15) is 0 Å². The SMILES string of the molecule is CC(=O)N(CCC(=O)Nc1ccc(F)cc1)c1ccccc1Br. The van der Waals surface area contributed by atoms with Crippen molar-refractivity contribution in [2.45, 2.75) is 13.3 Å². The molecule has 0 saturated carbocycles. The normalized spacial score (nSPS) is 10.2. The zero-order chi connectivity index (χ0) is 16.8. The molecule has 0 atom stereocenters. The lowest BCUT2D eigenvalue weighted by atomic mass is 10.2. The van der Waals surface area contributed by atoms with E-state index < -0.39 is 0 Å². The Kier molecular flexibility index (Phi) is 5.87. The molecule has 2 rings (SSSR count). The number of nitrogens with one attached hydrogen (secondary N) is 1. The predicted octanol–water partition coefficient (Wildman–Crippen LogP) is 3.97. The molecule has 0 radical (unpaired) electrons. The summed E-state index contributed by atoms with van der Waals surface area (Å²) in [6.45, 7) is 1.71. The molecule has 120 valence electrons. The van der Waals surface area contributed by atoms with Crippen molar-refractivity contribution in [3.05, 3.63) is 58.8 Å². The number of rotatable bonds is 5. The van der Waals surface area contributed by atoms with Crippen molar-refractivity contribution in [1.29, 1.82) is 0 Å². The van der Waals surface area contributed by atoms with Gasteiger partial charge in [0, 0.05) is 30.0 Å². The number of para-hydroxylation sites is 1. The maximum atomic E-state index is 12.8. The Balaban J connectivity index is 1.99. The molecule has 0 heterocycles. The quantitative estimate of drug-likeness (QED) is 0.855. The van der Waals surface area contributed by atoms with Crippen LogP contribution in [0, 0.1) is 5.82 Å². The second-order valence-electron chi connectivity index (χ2n) is 4.93. The van der Waals surface area contributed by atoms with E-state index in [0.29, 0.717) is 5.69 Å². The van der Waals surface area contributed by atoms with E-state index >= 15 is 0 Å². The molecule has 0 aliphatic rings. The number of carbonyl (C=O) groups is 2. The predicted molar refractivity (Wildman–Crippen MR) is 91.8 cm³/mol. The average molecular weight is 379 g/mol. The summed E-state index contributed by atoms with van der Waals surface area (Å²) in [5, 5.41) is 2.67. The number of carbonyl (C=O) groups excluding carboxylic acids is 2. The molecule has 1 N–H and O–H groups in total. The largest absolute Gasteiger partial charge is 0.326 e. The second-order valence-corrected chi connectivity index (χ2v) is 5.78. The molecule has 4 nitrogen and oxygen atoms in total. The number of hydrogen-bond donors (Lipinski definition) is 1. The summed E-state index contributed by atoms with van der Waals surface area (Å²) in [4.78, 5) is 25.4. The zero-order valence-corrected chi connectivity index (χ0v) is 14.1. The molecular formula is C17H16BrFN2O2. The fourth-order valence-corrected chi connectivity index (χ4v) is 2.59. The minimum Gasteiger partial charge on any atom is -0.326 e. The molecule has 0 aliphatic carbocycles. The summed E-state index contributed by atoms with van der Waals surface area (Å²) in [7, 11) is 0. The Morgan fingerprint density at radius 2 is 1.78 bits per heavy atom. The Hall–Kier alpha value is -2.21. The number of hydrogen-bond acceptors (Lipinski definition) is 2. The number of benzene rings is 2. The van der Waals surface area contributed by atoms with Crippen LogP contribution in [0.25, 0.3) is 0 Å². The lowest BCUT2D eigenvalue weighted by molar-refractivity contribution is -0.117. The molecule has 0 fully saturated rings. The van der Waals surface area contributed by atoms with Crippen molar-refractivity contribution >= 4 is 39.1 Å². The van der Waals surface area contributed by atoms with Crippen molar-refractivity contribution in [2.24, 2.45) is 0 Å². The highest BCUT2D eigenvalue weighted by molar-refractivity contribution is 9.10. The maximum Gasteiger partial charge on any atom is 0.226 e. The van der Waals surface area contributed by atoms with E-state index in [9.17, 15) is 14.0 Å². The van der Waals surface area contributed by atoms with Gasteiger partial charge in [-0.1, -0.05) is 12.1 Å². The van der Waals surface area contributed by atoms with Crippen molar-refractivity contribution in [3.8, 4) is 0 Å². The number of halogens is 2. The fraction of sp³-hybridized carbons (Fsp3) is 0.176. The molecule has 0 aromatic heterocycles. The number of amides is 2. The van der Waals surface area contributed by atoms with E-state index in [1.165, 1.54) is 36.1 Å². The highest BCUT2D eigenvalue weighted by atomic mass is 79.9. The van der Waals surface area contributed by atoms with Crippen LogP contribution in [0.4, 0.5) is 15.8 Å². The van der Waals surface area contributed by atoms with Gasteiger partial charge in [0.15, 0.2) is 0 Å². The first-order valence-corrected chi connectivity index (χ1v) is 7.84. The van der Waals surface area contributed by atoms with Crippen molar-refractivity contribution in [3.63, 3.8) is 0 Å². The first-order chi connectivity index (χ1) is 11.0. The van der Waals surface area contributed by atoms with Crippen LogP contribution >= 0.6 is 15.9 Å². The highest BCUT2D eigenvalue weighted by Crippen LogP contribution is 2.26. The molecule has 23 heavy (non-hydrogen) atoms. The van der Waals surface area contributed by atoms with E-state index in [2.05, 4.69) is 21.2 Å². The Labute approximate surface area is 142 Å². The smallest absolute Gasteiger partial charge is 0.226 e. The molecule has 0 bridgehead atoms. The van der Waals surface area contributed by atoms with Crippen LogP contribution in [-0.2, 0) is 9.59 Å². The lowest BCUT2D eigenvalue weighted by Gasteiger charge is -2.22. The van der Waals surface area contributed by atoms with E-state index in [1.54, 1.807) is 0 Å². The maximum absolute atomic E-state index is 12.8. The number of nitrogens with zero attached hydrogens (tertiary/aromatic N) is 1. The van der Waals surface area contributed by atoms with Crippen LogP contribution in [0.2, 0.25) is 0 Å². The monoisotopic (exact) mass is 378 g/mol. The third-order valence-corrected chi connectivity index (χ3v) is 3.88. The summed E-state index contributed by atoms with van der Waals surface area (Å²) in [5.74, 6) is -0.749. The Bertz CT molecular complexity index is 704. The summed E-state index contributed by atoms with van der Waals surface area (Å²) in [6.07, 6.45) is 0.137. The molecule has 0 spiro atoms. The van der Waals surface area contributed by atoms with Crippen LogP contribution in [-0.4, -0.2) is 18.4 Å². The summed E-state index contributed by atoms with van der Waals surface area (Å²) in [5.41, 5.74) is 1.24. The standard InChI is InChI=1S/C17H16BrFN2O2/c1-12(22)21(16-5-3-2-4-15(16)18)11-10-17(23)20-14-8-6-13(19)7-9-14/h2-9H,10-11H2,1H3,(H,20,23). The van der Waals surface area contributed by atoms with Gasteiger partial charge in [-0.3, -0.25) is 9.59 Å². The van der Waals surface area contributed by atoms with Gasteiger partial charge in [0.1, 0.15) is 5.82 Å². The van der Waals surface area contributed by atoms with Gasteiger partial charge in [0.05, 0.1) is 5.69 Å². The van der Waals surface area contributed by atoms with Crippen LogP contribution in [0.15, 0.2) is 53.0 Å². The van der Waals surface area contributed by atoms with Gasteiger partial charge in [-0.25, -0.2) is 4.39 Å². The number of anilines is 2. The summed E-state index contributed by atoms with van der Waals surface area (Å²) < 4.78 is 13.6. The second kappa shape index (κ2) is 7.87. The molecule has 0 aliphatic heterocycles. The van der Waals surface area contributed by atoms with Crippen molar-refractivity contribution < 1.29 is 14.0 Å². The zero-order valence-electron chi connectivity index (χ0n) is 12.6. The van der Waals surface area contributed by atoms with Gasteiger partial charge in [0.25, 0.3) is 0 Å². The topological polar surface area (TPSA) is 49.4 Å². The first-order valence-electron chi connectivity index (χ1n) is 7.05. The van der Waals surface area contributed by atoms with Crippen molar-refractivity contribution in [2.75, 3.05) is 16.8 Å². The third kappa shape index (κ3) is 4.89. The minimum atomic E-state index is -0.361. The molecule has 2 aromatic carbocycles. The van der Waals surface area contributed by atoms with E-state index in [1.807, 2.05) is 24.3 Å². The van der Waals surface area contributed by atoms with Crippen molar-refractivity contribution in [1.82, 2.24) is 0 Å².